The van der Waals surface area contributed by atoms with E-state index in [1.807, 2.05) is 0 Å². The van der Waals surface area contributed by atoms with Gasteiger partial charge >= 0.3 is 0 Å². The monoisotopic (exact) mass is 253 g/mol. The van der Waals surface area contributed by atoms with E-state index >= 15 is 0 Å². The molecule has 2 aliphatic rings. The molecule has 2 rings (SSSR count). The molecule has 18 heavy (non-hydrogen) atoms. The highest BCUT2D eigenvalue weighted by Crippen LogP contribution is 2.18. The maximum Gasteiger partial charge on any atom is 0.224 e. The molecular weight excluding hydrogens is 226 g/mol. The van der Waals surface area contributed by atoms with E-state index in [1.165, 1.54) is 0 Å². The van der Waals surface area contributed by atoms with E-state index in [4.69, 9.17) is 0 Å². The Morgan fingerprint density at radius 1 is 1.28 bits per heavy atom. The molecule has 0 saturated carbocycles. The van der Waals surface area contributed by atoms with Gasteiger partial charge in [-0.1, -0.05) is 6.92 Å². The van der Waals surface area contributed by atoms with Gasteiger partial charge in [-0.2, -0.15) is 0 Å². The topological polar surface area (TPSA) is 44.4 Å². The van der Waals surface area contributed by atoms with Crippen LogP contribution in [0.15, 0.2) is 0 Å². The smallest absolute Gasteiger partial charge is 0.224 e. The fourth-order valence-corrected chi connectivity index (χ4v) is 3.09. The van der Waals surface area contributed by atoms with Crippen molar-refractivity contribution in [1.82, 2.24) is 15.5 Å². The average molecular weight is 253 g/mol. The van der Waals surface area contributed by atoms with E-state index in [0.717, 1.165) is 38.9 Å². The Bertz CT molecular complexity index is 287. The summed E-state index contributed by atoms with van der Waals surface area (Å²) in [6.45, 7) is 7.45. The minimum absolute atomic E-state index is 0.174. The van der Waals surface area contributed by atoms with Crippen molar-refractivity contribution in [2.45, 2.75) is 45.2 Å². The molecule has 0 aromatic heterocycles. The van der Waals surface area contributed by atoms with Gasteiger partial charge in [0.1, 0.15) is 0 Å². The summed E-state index contributed by atoms with van der Waals surface area (Å²) in [5.74, 6) is 0.993. The third-order valence-corrected chi connectivity index (χ3v) is 4.47. The molecule has 0 bridgehead atoms. The van der Waals surface area contributed by atoms with E-state index < -0.39 is 0 Å². The quantitative estimate of drug-likeness (QED) is 0.766. The van der Waals surface area contributed by atoms with Crippen molar-refractivity contribution >= 4 is 5.91 Å². The number of carbonyl (C=O) groups is 1. The standard InChI is InChI=1S/C14H27N3O/c1-10-9-17(3)7-6-13(10)16-14(18)12-5-4-11(2)15-8-12/h10-13,15H,4-9H2,1-3H3,(H,16,18). The van der Waals surface area contributed by atoms with E-state index in [0.29, 0.717) is 18.0 Å². The summed E-state index contributed by atoms with van der Waals surface area (Å²) < 4.78 is 0. The van der Waals surface area contributed by atoms with Crippen LogP contribution in [0.5, 0.6) is 0 Å². The molecule has 4 heteroatoms. The van der Waals surface area contributed by atoms with Crippen LogP contribution in [0.2, 0.25) is 0 Å². The first kappa shape index (κ1) is 13.8. The second-order valence-electron chi connectivity index (χ2n) is 6.23. The third kappa shape index (κ3) is 3.45. The van der Waals surface area contributed by atoms with Gasteiger partial charge < -0.3 is 15.5 Å². The first-order chi connectivity index (χ1) is 8.56. The Balaban J connectivity index is 1.80. The van der Waals surface area contributed by atoms with Crippen LogP contribution in [0.25, 0.3) is 0 Å². The minimum atomic E-state index is 0.174. The number of hydrogen-bond donors (Lipinski definition) is 2. The third-order valence-electron chi connectivity index (χ3n) is 4.47. The van der Waals surface area contributed by atoms with Crippen molar-refractivity contribution in [2.75, 3.05) is 26.7 Å². The second-order valence-corrected chi connectivity index (χ2v) is 6.23. The molecule has 0 radical (unpaired) electrons. The molecule has 2 aliphatic heterocycles. The maximum atomic E-state index is 12.2. The lowest BCUT2D eigenvalue weighted by atomic mass is 9.91. The number of hydrogen-bond acceptors (Lipinski definition) is 3. The summed E-state index contributed by atoms with van der Waals surface area (Å²) >= 11 is 0. The number of piperidine rings is 2. The average Bonchev–Trinajstić information content (AvgIpc) is 2.33. The van der Waals surface area contributed by atoms with Crippen molar-refractivity contribution in [3.8, 4) is 0 Å². The summed E-state index contributed by atoms with van der Waals surface area (Å²) in [6, 6.07) is 0.935. The van der Waals surface area contributed by atoms with Gasteiger partial charge in [-0.15, -0.1) is 0 Å². The van der Waals surface area contributed by atoms with Crippen LogP contribution < -0.4 is 10.6 Å². The lowest BCUT2D eigenvalue weighted by Crippen LogP contribution is -2.52. The van der Waals surface area contributed by atoms with Crippen LogP contribution in [0.4, 0.5) is 0 Å². The molecule has 104 valence electrons. The van der Waals surface area contributed by atoms with Crippen molar-refractivity contribution in [3.05, 3.63) is 0 Å². The summed E-state index contributed by atoms with van der Waals surface area (Å²) in [7, 11) is 2.15. The Kier molecular flexibility index (Phi) is 4.62. The number of rotatable bonds is 2. The minimum Gasteiger partial charge on any atom is -0.353 e. The Morgan fingerprint density at radius 2 is 2.06 bits per heavy atom. The zero-order valence-corrected chi connectivity index (χ0v) is 11.9. The molecule has 0 aromatic carbocycles. The lowest BCUT2D eigenvalue weighted by molar-refractivity contribution is -0.127. The summed E-state index contributed by atoms with van der Waals surface area (Å²) in [4.78, 5) is 14.6. The van der Waals surface area contributed by atoms with Crippen LogP contribution in [-0.2, 0) is 4.79 Å². The van der Waals surface area contributed by atoms with Gasteiger partial charge in [0.2, 0.25) is 5.91 Å². The molecule has 2 N–H and O–H groups in total. The molecule has 4 unspecified atom stereocenters. The van der Waals surface area contributed by atoms with Gasteiger partial charge in [0, 0.05) is 25.2 Å². The van der Waals surface area contributed by atoms with E-state index in [2.05, 4.69) is 36.4 Å². The van der Waals surface area contributed by atoms with Gasteiger partial charge in [-0.05, 0) is 45.7 Å². The molecule has 0 aliphatic carbocycles. The summed E-state index contributed by atoms with van der Waals surface area (Å²) in [5.41, 5.74) is 0. The highest BCUT2D eigenvalue weighted by molar-refractivity contribution is 5.79. The van der Waals surface area contributed by atoms with E-state index in [9.17, 15) is 4.79 Å². The van der Waals surface area contributed by atoms with Crippen LogP contribution in [0.3, 0.4) is 0 Å². The predicted octanol–water partition coefficient (Wildman–Crippen LogP) is 0.831. The highest BCUT2D eigenvalue weighted by Gasteiger charge is 2.29. The fraction of sp³-hybridized carbons (Fsp3) is 0.929. The van der Waals surface area contributed by atoms with Gasteiger partial charge in [0.25, 0.3) is 0 Å². The number of nitrogens with one attached hydrogen (secondary N) is 2. The Hall–Kier alpha value is -0.610. The predicted molar refractivity (Wildman–Crippen MR) is 73.4 cm³/mol. The van der Waals surface area contributed by atoms with Crippen molar-refractivity contribution < 1.29 is 4.79 Å². The number of likely N-dealkylation sites (tertiary alicyclic amines) is 1. The van der Waals surface area contributed by atoms with Crippen molar-refractivity contribution in [3.63, 3.8) is 0 Å². The molecule has 2 fully saturated rings. The Labute approximate surface area is 110 Å². The first-order valence-corrected chi connectivity index (χ1v) is 7.28. The van der Waals surface area contributed by atoms with Crippen LogP contribution in [-0.4, -0.2) is 49.6 Å². The summed E-state index contributed by atoms with van der Waals surface area (Å²) in [5, 5.41) is 6.67. The van der Waals surface area contributed by atoms with Crippen molar-refractivity contribution in [1.29, 1.82) is 0 Å². The molecule has 0 aromatic rings. The van der Waals surface area contributed by atoms with Crippen LogP contribution >= 0.6 is 0 Å². The van der Waals surface area contributed by atoms with Crippen molar-refractivity contribution in [2.24, 2.45) is 11.8 Å². The molecule has 4 atom stereocenters. The highest BCUT2D eigenvalue weighted by atomic mass is 16.2. The number of amides is 1. The lowest BCUT2D eigenvalue weighted by Gasteiger charge is -2.36. The number of nitrogens with zero attached hydrogens (tertiary/aromatic N) is 1. The molecule has 2 heterocycles. The van der Waals surface area contributed by atoms with E-state index in [-0.39, 0.29) is 11.8 Å². The molecule has 4 nitrogen and oxygen atoms in total. The maximum absolute atomic E-state index is 12.2. The van der Waals surface area contributed by atoms with Gasteiger partial charge in [0.15, 0.2) is 0 Å². The molecule has 2 saturated heterocycles. The zero-order valence-electron chi connectivity index (χ0n) is 11.9. The van der Waals surface area contributed by atoms with Gasteiger partial charge in [0.05, 0.1) is 5.92 Å². The van der Waals surface area contributed by atoms with Crippen LogP contribution in [0, 0.1) is 11.8 Å². The van der Waals surface area contributed by atoms with Crippen LogP contribution in [0.1, 0.15) is 33.1 Å². The van der Waals surface area contributed by atoms with Gasteiger partial charge in [-0.3, -0.25) is 4.79 Å². The number of carbonyl (C=O) groups excluding carboxylic acids is 1. The molecule has 0 spiro atoms. The summed E-state index contributed by atoms with van der Waals surface area (Å²) in [6.07, 6.45) is 3.22. The fourth-order valence-electron chi connectivity index (χ4n) is 3.09. The normalized spacial score (nSPS) is 38.4. The SMILES string of the molecule is CC1CCC(C(=O)NC2CCN(C)CC2C)CN1. The largest absolute Gasteiger partial charge is 0.353 e. The van der Waals surface area contributed by atoms with E-state index in [1.54, 1.807) is 0 Å². The second kappa shape index (κ2) is 6.02. The Morgan fingerprint density at radius 3 is 2.67 bits per heavy atom. The molecular formula is C14H27N3O. The zero-order chi connectivity index (χ0) is 13.1. The van der Waals surface area contributed by atoms with Gasteiger partial charge in [-0.25, -0.2) is 0 Å². The molecule has 1 amide bonds. The first-order valence-electron chi connectivity index (χ1n) is 7.28.